The Kier molecular flexibility index (Phi) is 3.30. The SMILES string of the molecule is O=C(O)C[C@@H](NS(=O)(=O)C1CC1)C(=O)O. The fourth-order valence-corrected chi connectivity index (χ4v) is 2.56. The minimum atomic E-state index is -3.67. The lowest BCUT2D eigenvalue weighted by molar-refractivity contribution is -0.145. The van der Waals surface area contributed by atoms with E-state index in [0.717, 1.165) is 0 Å². The second-order valence-corrected chi connectivity index (χ2v) is 5.34. The van der Waals surface area contributed by atoms with E-state index in [9.17, 15) is 18.0 Å². The highest BCUT2D eigenvalue weighted by molar-refractivity contribution is 7.90. The summed E-state index contributed by atoms with van der Waals surface area (Å²) >= 11 is 0. The molecule has 0 aliphatic heterocycles. The number of sulfonamides is 1. The molecule has 1 aliphatic carbocycles. The van der Waals surface area contributed by atoms with Crippen LogP contribution in [0.3, 0.4) is 0 Å². The Morgan fingerprint density at radius 2 is 1.87 bits per heavy atom. The molecule has 1 saturated carbocycles. The Hall–Kier alpha value is -1.15. The average molecular weight is 237 g/mol. The van der Waals surface area contributed by atoms with Gasteiger partial charge < -0.3 is 10.2 Å². The van der Waals surface area contributed by atoms with E-state index in [1.807, 2.05) is 4.72 Å². The van der Waals surface area contributed by atoms with Crippen LogP contribution in [0.2, 0.25) is 0 Å². The van der Waals surface area contributed by atoms with E-state index in [1.165, 1.54) is 0 Å². The minimum Gasteiger partial charge on any atom is -0.481 e. The van der Waals surface area contributed by atoms with Crippen LogP contribution in [-0.2, 0) is 19.6 Å². The van der Waals surface area contributed by atoms with Gasteiger partial charge in [0.1, 0.15) is 6.04 Å². The molecule has 15 heavy (non-hydrogen) atoms. The second-order valence-electron chi connectivity index (χ2n) is 3.35. The smallest absolute Gasteiger partial charge is 0.322 e. The first kappa shape index (κ1) is 11.9. The lowest BCUT2D eigenvalue weighted by Gasteiger charge is -2.11. The maximum Gasteiger partial charge on any atom is 0.322 e. The number of carboxylic acid groups (broad SMARTS) is 2. The van der Waals surface area contributed by atoms with Crippen LogP contribution in [0.15, 0.2) is 0 Å². The topological polar surface area (TPSA) is 121 Å². The van der Waals surface area contributed by atoms with Gasteiger partial charge in [-0.1, -0.05) is 0 Å². The highest BCUT2D eigenvalue weighted by Gasteiger charge is 2.38. The van der Waals surface area contributed by atoms with Gasteiger partial charge in [0.05, 0.1) is 11.7 Å². The summed E-state index contributed by atoms with van der Waals surface area (Å²) in [6.07, 6.45) is 0.227. The van der Waals surface area contributed by atoms with Crippen LogP contribution in [-0.4, -0.2) is 41.9 Å². The molecule has 1 atom stereocenters. The molecular weight excluding hydrogens is 226 g/mol. The molecule has 0 radical (unpaired) electrons. The Morgan fingerprint density at radius 1 is 1.33 bits per heavy atom. The maximum absolute atomic E-state index is 11.3. The normalized spacial score (nSPS) is 18.4. The first-order chi connectivity index (χ1) is 6.83. The van der Waals surface area contributed by atoms with Crippen LogP contribution in [0.1, 0.15) is 19.3 Å². The van der Waals surface area contributed by atoms with Gasteiger partial charge in [0.25, 0.3) is 0 Å². The first-order valence-corrected chi connectivity index (χ1v) is 5.83. The third-order valence-corrected chi connectivity index (χ3v) is 3.91. The fraction of sp³-hybridized carbons (Fsp3) is 0.714. The molecule has 86 valence electrons. The summed E-state index contributed by atoms with van der Waals surface area (Å²) in [7, 11) is -3.67. The lowest BCUT2D eigenvalue weighted by atomic mass is 10.2. The Balaban J connectivity index is 2.65. The van der Waals surface area contributed by atoms with E-state index >= 15 is 0 Å². The molecular formula is C7H11NO6S. The third kappa shape index (κ3) is 3.48. The van der Waals surface area contributed by atoms with E-state index < -0.39 is 39.7 Å². The Bertz CT molecular complexity index is 371. The summed E-state index contributed by atoms with van der Waals surface area (Å²) < 4.78 is 24.5. The van der Waals surface area contributed by atoms with Crippen molar-refractivity contribution >= 4 is 22.0 Å². The van der Waals surface area contributed by atoms with Crippen molar-refractivity contribution in [3.63, 3.8) is 0 Å². The molecule has 0 saturated heterocycles. The van der Waals surface area contributed by atoms with Gasteiger partial charge in [0, 0.05) is 0 Å². The predicted octanol–water partition coefficient (Wildman–Crippen LogP) is -1.00. The third-order valence-electron chi connectivity index (χ3n) is 1.95. The van der Waals surface area contributed by atoms with Crippen LogP contribution < -0.4 is 4.72 Å². The van der Waals surface area contributed by atoms with E-state index in [2.05, 4.69) is 0 Å². The molecule has 0 aromatic carbocycles. The average Bonchev–Trinajstić information content (AvgIpc) is 2.82. The molecule has 0 amide bonds. The number of hydrogen-bond acceptors (Lipinski definition) is 4. The van der Waals surface area contributed by atoms with Gasteiger partial charge in [-0.25, -0.2) is 13.1 Å². The van der Waals surface area contributed by atoms with E-state index in [-0.39, 0.29) is 0 Å². The molecule has 3 N–H and O–H groups in total. The molecule has 0 spiro atoms. The van der Waals surface area contributed by atoms with Crippen LogP contribution in [0.25, 0.3) is 0 Å². The highest BCUT2D eigenvalue weighted by Crippen LogP contribution is 2.27. The molecule has 0 unspecified atom stereocenters. The zero-order valence-electron chi connectivity index (χ0n) is 7.71. The van der Waals surface area contributed by atoms with E-state index in [0.29, 0.717) is 12.8 Å². The minimum absolute atomic E-state index is 0.495. The maximum atomic E-state index is 11.3. The monoisotopic (exact) mass is 237 g/mol. The fourth-order valence-electron chi connectivity index (χ4n) is 1.03. The summed E-state index contributed by atoms with van der Waals surface area (Å²) in [4.78, 5) is 20.9. The Morgan fingerprint density at radius 3 is 2.20 bits per heavy atom. The van der Waals surface area contributed by atoms with Crippen LogP contribution >= 0.6 is 0 Å². The second kappa shape index (κ2) is 4.15. The van der Waals surface area contributed by atoms with Gasteiger partial charge in [-0.2, -0.15) is 0 Å². The largest absolute Gasteiger partial charge is 0.481 e. The van der Waals surface area contributed by atoms with Crippen molar-refractivity contribution in [3.05, 3.63) is 0 Å². The molecule has 7 nitrogen and oxygen atoms in total. The first-order valence-electron chi connectivity index (χ1n) is 4.28. The number of carboxylic acids is 2. The van der Waals surface area contributed by atoms with Crippen molar-refractivity contribution in [1.82, 2.24) is 4.72 Å². The molecule has 1 aliphatic rings. The summed E-state index contributed by atoms with van der Waals surface area (Å²) in [6.45, 7) is 0. The van der Waals surface area contributed by atoms with Gasteiger partial charge in [-0.3, -0.25) is 9.59 Å². The molecule has 0 bridgehead atoms. The van der Waals surface area contributed by atoms with Gasteiger partial charge in [-0.15, -0.1) is 0 Å². The van der Waals surface area contributed by atoms with Crippen molar-refractivity contribution in [1.29, 1.82) is 0 Å². The van der Waals surface area contributed by atoms with Gasteiger partial charge in [0.15, 0.2) is 0 Å². The van der Waals surface area contributed by atoms with Crippen molar-refractivity contribution in [2.75, 3.05) is 0 Å². The van der Waals surface area contributed by atoms with Gasteiger partial charge in [-0.05, 0) is 12.8 Å². The molecule has 8 heteroatoms. The molecule has 0 aromatic rings. The van der Waals surface area contributed by atoms with Crippen molar-refractivity contribution in [2.24, 2.45) is 0 Å². The zero-order valence-corrected chi connectivity index (χ0v) is 8.53. The van der Waals surface area contributed by atoms with Crippen LogP contribution in [0.5, 0.6) is 0 Å². The highest BCUT2D eigenvalue weighted by atomic mass is 32.2. The molecule has 1 fully saturated rings. The van der Waals surface area contributed by atoms with Gasteiger partial charge >= 0.3 is 11.9 Å². The standard InChI is InChI=1S/C7H11NO6S/c9-6(10)3-5(7(11)12)8-15(13,14)4-1-2-4/h4-5,8H,1-3H2,(H,9,10)(H,11,12)/t5-/m1/s1. The van der Waals surface area contributed by atoms with Crippen molar-refractivity contribution in [2.45, 2.75) is 30.6 Å². The number of carbonyl (C=O) groups is 2. The molecule has 1 rings (SSSR count). The van der Waals surface area contributed by atoms with Crippen LogP contribution in [0.4, 0.5) is 0 Å². The summed E-state index contributed by atoms with van der Waals surface area (Å²) in [5, 5.41) is 16.4. The summed E-state index contributed by atoms with van der Waals surface area (Å²) in [5.41, 5.74) is 0. The zero-order chi connectivity index (χ0) is 11.6. The number of hydrogen-bond donors (Lipinski definition) is 3. The van der Waals surface area contributed by atoms with Crippen molar-refractivity contribution < 1.29 is 28.2 Å². The molecule has 0 aromatic heterocycles. The Labute approximate surface area is 86.1 Å². The lowest BCUT2D eigenvalue weighted by Crippen LogP contribution is -2.43. The van der Waals surface area contributed by atoms with Gasteiger partial charge in [0.2, 0.25) is 10.0 Å². The van der Waals surface area contributed by atoms with E-state index in [1.54, 1.807) is 0 Å². The quantitative estimate of drug-likeness (QED) is 0.544. The van der Waals surface area contributed by atoms with Crippen LogP contribution in [0, 0.1) is 0 Å². The summed E-state index contributed by atoms with van der Waals surface area (Å²) in [5.74, 6) is -2.84. The number of aliphatic carboxylic acids is 2. The number of nitrogens with one attached hydrogen (secondary N) is 1. The van der Waals surface area contributed by atoms with E-state index in [4.69, 9.17) is 10.2 Å². The van der Waals surface area contributed by atoms with Crippen molar-refractivity contribution in [3.8, 4) is 0 Å². The predicted molar refractivity (Wildman–Crippen MR) is 48.8 cm³/mol. The summed E-state index contributed by atoms with van der Waals surface area (Å²) in [6, 6.07) is -1.59. The number of rotatable bonds is 6. The molecule has 0 heterocycles.